The summed E-state index contributed by atoms with van der Waals surface area (Å²) in [6.07, 6.45) is -4.72. The van der Waals surface area contributed by atoms with Crippen LogP contribution in [0.2, 0.25) is 0 Å². The van der Waals surface area contributed by atoms with E-state index in [1.165, 1.54) is 13.8 Å². The summed E-state index contributed by atoms with van der Waals surface area (Å²) in [4.78, 5) is 0. The molecule has 0 aliphatic carbocycles. The van der Waals surface area contributed by atoms with E-state index >= 15 is 0 Å². The standard InChI is InChI=1S/C7H14O5/c1-3-4(8)5(9)6(10)7(2,11)12-3/h3-6,8-11H,1-2H3/t3-,4+,5+,6-,7?/m0/s1. The fraction of sp³-hybridized carbons (Fsp3) is 1.00. The minimum Gasteiger partial charge on any atom is -0.388 e. The number of rotatable bonds is 0. The van der Waals surface area contributed by atoms with Gasteiger partial charge in [0.05, 0.1) is 6.10 Å². The van der Waals surface area contributed by atoms with E-state index in [1.54, 1.807) is 0 Å². The van der Waals surface area contributed by atoms with Crippen LogP contribution in [0.15, 0.2) is 0 Å². The van der Waals surface area contributed by atoms with Crippen molar-refractivity contribution in [3.05, 3.63) is 0 Å². The summed E-state index contributed by atoms with van der Waals surface area (Å²) in [5.41, 5.74) is 0. The highest BCUT2D eigenvalue weighted by atomic mass is 16.7. The van der Waals surface area contributed by atoms with Crippen molar-refractivity contribution in [1.29, 1.82) is 0 Å². The van der Waals surface area contributed by atoms with Crippen molar-refractivity contribution < 1.29 is 25.2 Å². The third kappa shape index (κ3) is 1.46. The Morgan fingerprint density at radius 3 is 2.17 bits per heavy atom. The molecule has 0 aromatic heterocycles. The summed E-state index contributed by atoms with van der Waals surface area (Å²) in [6.45, 7) is 2.75. The van der Waals surface area contributed by atoms with Crippen LogP contribution in [0.1, 0.15) is 13.8 Å². The number of hydrogen-bond acceptors (Lipinski definition) is 5. The fourth-order valence-electron chi connectivity index (χ4n) is 1.30. The molecular formula is C7H14O5. The van der Waals surface area contributed by atoms with Crippen LogP contribution in [-0.2, 0) is 4.74 Å². The zero-order valence-corrected chi connectivity index (χ0v) is 7.01. The van der Waals surface area contributed by atoms with Gasteiger partial charge in [0.25, 0.3) is 0 Å². The third-order valence-corrected chi connectivity index (χ3v) is 2.13. The Bertz CT molecular complexity index is 169. The lowest BCUT2D eigenvalue weighted by Gasteiger charge is -2.42. The molecule has 1 saturated heterocycles. The molecule has 0 spiro atoms. The Balaban J connectivity index is 2.78. The van der Waals surface area contributed by atoms with Crippen molar-refractivity contribution in [2.45, 2.75) is 44.1 Å². The van der Waals surface area contributed by atoms with Gasteiger partial charge in [-0.15, -0.1) is 0 Å². The van der Waals surface area contributed by atoms with E-state index in [0.29, 0.717) is 0 Å². The van der Waals surface area contributed by atoms with Crippen LogP contribution in [0.3, 0.4) is 0 Å². The Hall–Kier alpha value is -0.200. The van der Waals surface area contributed by atoms with Crippen molar-refractivity contribution in [3.63, 3.8) is 0 Å². The first-order valence-electron chi connectivity index (χ1n) is 3.80. The van der Waals surface area contributed by atoms with Gasteiger partial charge in [0, 0.05) is 0 Å². The van der Waals surface area contributed by atoms with E-state index in [0.717, 1.165) is 0 Å². The molecule has 12 heavy (non-hydrogen) atoms. The van der Waals surface area contributed by atoms with Crippen LogP contribution in [0, 0.1) is 0 Å². The zero-order valence-electron chi connectivity index (χ0n) is 7.01. The minimum atomic E-state index is -1.79. The largest absolute Gasteiger partial charge is 0.388 e. The maximum Gasteiger partial charge on any atom is 0.192 e. The van der Waals surface area contributed by atoms with Crippen LogP contribution >= 0.6 is 0 Å². The highest BCUT2D eigenvalue weighted by Gasteiger charge is 2.48. The molecule has 1 unspecified atom stereocenters. The van der Waals surface area contributed by atoms with E-state index in [2.05, 4.69) is 0 Å². The van der Waals surface area contributed by atoms with Crippen LogP contribution in [0.5, 0.6) is 0 Å². The van der Waals surface area contributed by atoms with Crippen LogP contribution in [0.4, 0.5) is 0 Å². The lowest BCUT2D eigenvalue weighted by molar-refractivity contribution is -0.334. The molecule has 0 bridgehead atoms. The quantitative estimate of drug-likeness (QED) is 0.351. The Labute approximate surface area is 70.2 Å². The van der Waals surface area contributed by atoms with Crippen molar-refractivity contribution in [1.82, 2.24) is 0 Å². The Morgan fingerprint density at radius 2 is 1.67 bits per heavy atom. The first-order valence-corrected chi connectivity index (χ1v) is 3.80. The Morgan fingerprint density at radius 1 is 1.17 bits per heavy atom. The topological polar surface area (TPSA) is 90.2 Å². The van der Waals surface area contributed by atoms with Gasteiger partial charge in [-0.3, -0.25) is 0 Å². The molecule has 5 nitrogen and oxygen atoms in total. The summed E-state index contributed by atoms with van der Waals surface area (Å²) in [7, 11) is 0. The molecule has 1 aliphatic rings. The second-order valence-electron chi connectivity index (χ2n) is 3.30. The van der Waals surface area contributed by atoms with E-state index < -0.39 is 30.2 Å². The molecule has 5 atom stereocenters. The SMILES string of the molecule is C[C@@H]1OC(C)(O)[C@@H](O)[C@H](O)[C@@H]1O. The van der Waals surface area contributed by atoms with Gasteiger partial charge in [-0.25, -0.2) is 0 Å². The summed E-state index contributed by atoms with van der Waals surface area (Å²) >= 11 is 0. The van der Waals surface area contributed by atoms with Gasteiger partial charge in [-0.05, 0) is 13.8 Å². The average Bonchev–Trinajstić information content (AvgIpc) is 1.97. The predicted octanol–water partition coefficient (Wildman–Crippen LogP) is -1.80. The number of ether oxygens (including phenoxy) is 1. The van der Waals surface area contributed by atoms with E-state index in [4.69, 9.17) is 4.74 Å². The number of aliphatic hydroxyl groups is 4. The maximum atomic E-state index is 9.36. The lowest BCUT2D eigenvalue weighted by Crippen LogP contribution is -2.62. The van der Waals surface area contributed by atoms with Gasteiger partial charge in [-0.2, -0.15) is 0 Å². The first-order chi connectivity index (χ1) is 5.36. The van der Waals surface area contributed by atoms with Gasteiger partial charge in [-0.1, -0.05) is 0 Å². The molecule has 1 rings (SSSR count). The van der Waals surface area contributed by atoms with Gasteiger partial charge >= 0.3 is 0 Å². The molecule has 0 saturated carbocycles. The van der Waals surface area contributed by atoms with Crippen LogP contribution < -0.4 is 0 Å². The van der Waals surface area contributed by atoms with Crippen LogP contribution in [0.25, 0.3) is 0 Å². The van der Waals surface area contributed by atoms with Gasteiger partial charge in [0.2, 0.25) is 0 Å². The summed E-state index contributed by atoms with van der Waals surface area (Å²) in [5.74, 6) is -1.79. The zero-order chi connectivity index (χ0) is 9.52. The molecule has 0 amide bonds. The molecule has 0 aromatic carbocycles. The molecule has 1 fully saturated rings. The monoisotopic (exact) mass is 178 g/mol. The predicted molar refractivity (Wildman–Crippen MR) is 39.2 cm³/mol. The molecule has 72 valence electrons. The smallest absolute Gasteiger partial charge is 0.192 e. The normalized spacial score (nSPS) is 55.5. The van der Waals surface area contributed by atoms with E-state index in [1.807, 2.05) is 0 Å². The van der Waals surface area contributed by atoms with E-state index in [9.17, 15) is 20.4 Å². The van der Waals surface area contributed by atoms with Gasteiger partial charge in [0.15, 0.2) is 5.79 Å². The second-order valence-corrected chi connectivity index (χ2v) is 3.30. The Kier molecular flexibility index (Phi) is 2.42. The van der Waals surface area contributed by atoms with Crippen molar-refractivity contribution in [2.75, 3.05) is 0 Å². The summed E-state index contributed by atoms with van der Waals surface area (Å²) < 4.78 is 4.86. The summed E-state index contributed by atoms with van der Waals surface area (Å²) in [6, 6.07) is 0. The maximum absolute atomic E-state index is 9.36. The van der Waals surface area contributed by atoms with E-state index in [-0.39, 0.29) is 0 Å². The molecular weight excluding hydrogens is 164 g/mol. The molecule has 0 aromatic rings. The van der Waals surface area contributed by atoms with Crippen LogP contribution in [-0.4, -0.2) is 50.6 Å². The van der Waals surface area contributed by atoms with Gasteiger partial charge < -0.3 is 25.2 Å². The lowest BCUT2D eigenvalue weighted by atomic mass is 9.94. The first kappa shape index (κ1) is 9.88. The average molecular weight is 178 g/mol. The van der Waals surface area contributed by atoms with Crippen molar-refractivity contribution >= 4 is 0 Å². The van der Waals surface area contributed by atoms with Gasteiger partial charge in [0.1, 0.15) is 18.3 Å². The third-order valence-electron chi connectivity index (χ3n) is 2.13. The van der Waals surface area contributed by atoms with Crippen molar-refractivity contribution in [3.8, 4) is 0 Å². The summed E-state index contributed by atoms with van der Waals surface area (Å²) in [5, 5.41) is 37.0. The molecule has 5 heteroatoms. The molecule has 0 radical (unpaired) electrons. The minimum absolute atomic E-state index is 0.696. The highest BCUT2D eigenvalue weighted by molar-refractivity contribution is 4.92. The molecule has 1 heterocycles. The second kappa shape index (κ2) is 2.93. The fourth-order valence-corrected chi connectivity index (χ4v) is 1.30. The molecule has 1 aliphatic heterocycles. The molecule has 4 N–H and O–H groups in total. The highest BCUT2D eigenvalue weighted by Crippen LogP contribution is 2.27. The number of hydrogen-bond donors (Lipinski definition) is 4. The van der Waals surface area contributed by atoms with Crippen molar-refractivity contribution in [2.24, 2.45) is 0 Å². The number of aliphatic hydroxyl groups excluding tert-OH is 3.